The van der Waals surface area contributed by atoms with Gasteiger partial charge in [-0.15, -0.1) is 0 Å². The molecule has 2 saturated carbocycles. The minimum Gasteiger partial charge on any atom is -0.412 e. The van der Waals surface area contributed by atoms with E-state index in [1.165, 1.54) is 38.5 Å². The Balaban J connectivity index is 0.00000144. The summed E-state index contributed by atoms with van der Waals surface area (Å²) in [7, 11) is 0. The lowest BCUT2D eigenvalue weighted by Crippen LogP contribution is -2.33. The van der Waals surface area contributed by atoms with Gasteiger partial charge in [-0.05, 0) is 61.2 Å². The average Bonchev–Trinajstić information content (AvgIpc) is 2.26. The molecule has 0 radical (unpaired) electrons. The van der Waals surface area contributed by atoms with Crippen LogP contribution in [0.15, 0.2) is 0 Å². The maximum atomic E-state index is 2.48. The molecular formula is C16H32O. The molecule has 0 aliphatic heterocycles. The predicted molar refractivity (Wildman–Crippen MR) is 75.0 cm³/mol. The predicted octanol–water partition coefficient (Wildman–Crippen LogP) is 4.31. The average molecular weight is 240 g/mol. The van der Waals surface area contributed by atoms with E-state index in [4.69, 9.17) is 0 Å². The van der Waals surface area contributed by atoms with E-state index in [1.807, 2.05) is 0 Å². The maximum absolute atomic E-state index is 2.48. The molecular weight excluding hydrogens is 208 g/mol. The largest absolute Gasteiger partial charge is 0.412 e. The van der Waals surface area contributed by atoms with E-state index in [9.17, 15) is 0 Å². The van der Waals surface area contributed by atoms with Gasteiger partial charge in [0.25, 0.3) is 0 Å². The normalized spacial score (nSPS) is 47.3. The molecule has 0 amide bonds. The molecule has 0 aromatic carbocycles. The molecule has 0 spiro atoms. The molecule has 2 aliphatic carbocycles. The lowest BCUT2D eigenvalue weighted by atomic mass is 9.63. The number of hydrogen-bond donors (Lipinski definition) is 0. The van der Waals surface area contributed by atoms with Gasteiger partial charge in [-0.2, -0.15) is 0 Å². The Kier molecular flexibility index (Phi) is 5.50. The first-order valence-electron chi connectivity index (χ1n) is 7.58. The smallest absolute Gasteiger partial charge is 0.0381 e. The summed E-state index contributed by atoms with van der Waals surface area (Å²) < 4.78 is 0. The van der Waals surface area contributed by atoms with Gasteiger partial charge in [0.05, 0.1) is 0 Å². The van der Waals surface area contributed by atoms with Crippen molar-refractivity contribution in [3.05, 3.63) is 0 Å². The van der Waals surface area contributed by atoms with Crippen LogP contribution in [0.5, 0.6) is 0 Å². The summed E-state index contributed by atoms with van der Waals surface area (Å²) in [5.41, 5.74) is 0. The summed E-state index contributed by atoms with van der Waals surface area (Å²) in [4.78, 5) is 0. The highest BCUT2D eigenvalue weighted by molar-refractivity contribution is 4.85. The SMILES string of the molecule is CC1CCC(C2CC(C)C(C)C(C)C2)CC1.O. The lowest BCUT2D eigenvalue weighted by molar-refractivity contribution is 0.0805. The van der Waals surface area contributed by atoms with Crippen LogP contribution in [0.2, 0.25) is 0 Å². The highest BCUT2D eigenvalue weighted by atomic mass is 16.0. The molecule has 17 heavy (non-hydrogen) atoms. The van der Waals surface area contributed by atoms with Crippen LogP contribution >= 0.6 is 0 Å². The Morgan fingerprint density at radius 3 is 1.59 bits per heavy atom. The van der Waals surface area contributed by atoms with Crippen molar-refractivity contribution in [3.8, 4) is 0 Å². The van der Waals surface area contributed by atoms with Gasteiger partial charge in [-0.25, -0.2) is 0 Å². The van der Waals surface area contributed by atoms with Crippen molar-refractivity contribution in [3.63, 3.8) is 0 Å². The maximum Gasteiger partial charge on any atom is -0.0381 e. The first kappa shape index (κ1) is 15.0. The van der Waals surface area contributed by atoms with Gasteiger partial charge in [0, 0.05) is 0 Å². The summed E-state index contributed by atoms with van der Waals surface area (Å²) in [5, 5.41) is 0. The molecule has 0 saturated heterocycles. The minimum atomic E-state index is 0. The minimum absolute atomic E-state index is 0. The van der Waals surface area contributed by atoms with Crippen molar-refractivity contribution in [2.45, 2.75) is 66.2 Å². The fraction of sp³-hybridized carbons (Fsp3) is 1.00. The monoisotopic (exact) mass is 240 g/mol. The van der Waals surface area contributed by atoms with E-state index >= 15 is 0 Å². The van der Waals surface area contributed by atoms with Gasteiger partial charge >= 0.3 is 0 Å². The van der Waals surface area contributed by atoms with Gasteiger partial charge in [-0.1, -0.05) is 40.5 Å². The van der Waals surface area contributed by atoms with E-state index in [2.05, 4.69) is 27.7 Å². The Hall–Kier alpha value is -0.0400. The Bertz CT molecular complexity index is 206. The van der Waals surface area contributed by atoms with E-state index in [0.717, 1.165) is 35.5 Å². The molecule has 0 heterocycles. The third-order valence-corrected chi connectivity index (χ3v) is 5.87. The van der Waals surface area contributed by atoms with Crippen LogP contribution in [-0.4, -0.2) is 5.48 Å². The summed E-state index contributed by atoms with van der Waals surface area (Å²) in [5.74, 6) is 6.04. The quantitative estimate of drug-likeness (QED) is 0.654. The molecule has 1 heteroatoms. The van der Waals surface area contributed by atoms with Crippen LogP contribution in [0, 0.1) is 35.5 Å². The highest BCUT2D eigenvalue weighted by Crippen LogP contribution is 2.45. The molecule has 2 fully saturated rings. The summed E-state index contributed by atoms with van der Waals surface area (Å²) in [6.45, 7) is 9.87. The van der Waals surface area contributed by atoms with Crippen molar-refractivity contribution in [2.75, 3.05) is 0 Å². The van der Waals surface area contributed by atoms with E-state index in [0.29, 0.717) is 0 Å². The third-order valence-electron chi connectivity index (χ3n) is 5.87. The van der Waals surface area contributed by atoms with Crippen LogP contribution in [0.4, 0.5) is 0 Å². The third kappa shape index (κ3) is 3.47. The summed E-state index contributed by atoms with van der Waals surface area (Å²) in [6.07, 6.45) is 9.09. The van der Waals surface area contributed by atoms with Crippen LogP contribution < -0.4 is 0 Å². The Morgan fingerprint density at radius 2 is 1.12 bits per heavy atom. The van der Waals surface area contributed by atoms with Crippen LogP contribution in [0.1, 0.15) is 66.2 Å². The van der Waals surface area contributed by atoms with Crippen LogP contribution in [-0.2, 0) is 0 Å². The van der Waals surface area contributed by atoms with Gasteiger partial charge in [0.2, 0.25) is 0 Å². The van der Waals surface area contributed by atoms with Crippen molar-refractivity contribution in [2.24, 2.45) is 35.5 Å². The first-order chi connectivity index (χ1) is 7.58. The van der Waals surface area contributed by atoms with Gasteiger partial charge in [-0.3, -0.25) is 0 Å². The molecule has 102 valence electrons. The number of rotatable bonds is 1. The number of hydrogen-bond acceptors (Lipinski definition) is 0. The van der Waals surface area contributed by atoms with E-state index < -0.39 is 0 Å². The Labute approximate surface area is 108 Å². The van der Waals surface area contributed by atoms with Crippen molar-refractivity contribution in [1.29, 1.82) is 0 Å². The van der Waals surface area contributed by atoms with E-state index in [1.54, 1.807) is 0 Å². The van der Waals surface area contributed by atoms with E-state index in [-0.39, 0.29) is 5.48 Å². The lowest BCUT2D eigenvalue weighted by Gasteiger charge is -2.42. The second-order valence-corrected chi connectivity index (χ2v) is 7.07. The molecule has 0 aromatic heterocycles. The molecule has 0 aromatic rings. The van der Waals surface area contributed by atoms with Gasteiger partial charge < -0.3 is 5.48 Å². The zero-order valence-corrected chi connectivity index (χ0v) is 12.2. The topological polar surface area (TPSA) is 31.5 Å². The first-order valence-corrected chi connectivity index (χ1v) is 7.58. The fourth-order valence-electron chi connectivity index (χ4n) is 4.18. The molecule has 2 rings (SSSR count). The Morgan fingerprint density at radius 1 is 0.647 bits per heavy atom. The molecule has 0 bridgehead atoms. The van der Waals surface area contributed by atoms with Gasteiger partial charge in [0.15, 0.2) is 0 Å². The molecule has 2 aliphatic rings. The molecule has 1 nitrogen and oxygen atoms in total. The summed E-state index contributed by atoms with van der Waals surface area (Å²) in [6, 6.07) is 0. The van der Waals surface area contributed by atoms with Crippen LogP contribution in [0.25, 0.3) is 0 Å². The van der Waals surface area contributed by atoms with Crippen molar-refractivity contribution >= 4 is 0 Å². The van der Waals surface area contributed by atoms with Crippen molar-refractivity contribution in [1.82, 2.24) is 0 Å². The molecule has 2 atom stereocenters. The second kappa shape index (κ2) is 6.22. The molecule has 2 N–H and O–H groups in total. The summed E-state index contributed by atoms with van der Waals surface area (Å²) >= 11 is 0. The zero-order chi connectivity index (χ0) is 11.7. The molecule has 2 unspecified atom stereocenters. The van der Waals surface area contributed by atoms with Crippen molar-refractivity contribution < 1.29 is 5.48 Å². The fourth-order valence-corrected chi connectivity index (χ4v) is 4.18. The second-order valence-electron chi connectivity index (χ2n) is 7.07. The van der Waals surface area contributed by atoms with Gasteiger partial charge in [0.1, 0.15) is 0 Å². The van der Waals surface area contributed by atoms with Crippen LogP contribution in [0.3, 0.4) is 0 Å². The zero-order valence-electron chi connectivity index (χ0n) is 12.2. The standard InChI is InChI=1S/C16H30.H2O/c1-11-5-7-15(8-6-11)16-9-12(2)14(4)13(3)10-16;/h11-16H,5-10H2,1-4H3;1H2. The highest BCUT2D eigenvalue weighted by Gasteiger charge is 2.35.